The highest BCUT2D eigenvalue weighted by Crippen LogP contribution is 2.22. The second-order valence-corrected chi connectivity index (χ2v) is 6.49. The maximum atomic E-state index is 12.5. The van der Waals surface area contributed by atoms with Crippen molar-refractivity contribution < 1.29 is 14.1 Å². The molecule has 3 rings (SSSR count). The molecule has 1 aliphatic heterocycles. The quantitative estimate of drug-likeness (QED) is 0.895. The van der Waals surface area contributed by atoms with E-state index in [0.29, 0.717) is 24.4 Å². The number of rotatable bonds is 5. The molecule has 1 fully saturated rings. The third-order valence-electron chi connectivity index (χ3n) is 4.57. The largest absolute Gasteiger partial charge is 0.361 e. The molecule has 1 aliphatic rings. The maximum absolute atomic E-state index is 12.5. The van der Waals surface area contributed by atoms with Gasteiger partial charge in [0, 0.05) is 43.5 Å². The van der Waals surface area contributed by atoms with E-state index in [1.165, 1.54) is 0 Å². The molecule has 0 saturated carbocycles. The molecule has 0 aromatic carbocycles. The van der Waals surface area contributed by atoms with Crippen LogP contribution in [0.1, 0.15) is 46.0 Å². The lowest BCUT2D eigenvalue weighted by Crippen LogP contribution is -2.57. The van der Waals surface area contributed by atoms with Gasteiger partial charge in [-0.25, -0.2) is 0 Å². The number of amides is 2. The van der Waals surface area contributed by atoms with Crippen LogP contribution in [0.2, 0.25) is 0 Å². The number of hydrogen-bond acceptors (Lipinski definition) is 5. The van der Waals surface area contributed by atoms with Crippen molar-refractivity contribution in [2.75, 3.05) is 13.1 Å². The van der Waals surface area contributed by atoms with Crippen molar-refractivity contribution in [3.8, 4) is 0 Å². The van der Waals surface area contributed by atoms with Gasteiger partial charge in [0.1, 0.15) is 5.76 Å². The number of carbonyl (C=O) groups is 2. The van der Waals surface area contributed by atoms with Crippen LogP contribution in [0, 0.1) is 12.8 Å². The standard InChI is InChI=1S/C18H22N4O3/c1-4-13-6-14(8-19-7-13)18(24)22-9-15(10-22)12(3)20-17(23)16-5-11(2)25-21-16/h5-8,12,15H,4,9-10H2,1-3H3,(H,20,23). The van der Waals surface area contributed by atoms with E-state index in [2.05, 4.69) is 15.5 Å². The van der Waals surface area contributed by atoms with Crippen LogP contribution in [-0.4, -0.2) is 46.0 Å². The average molecular weight is 342 g/mol. The Hall–Kier alpha value is -2.70. The van der Waals surface area contributed by atoms with Gasteiger partial charge in [-0.2, -0.15) is 0 Å². The number of hydrogen-bond donors (Lipinski definition) is 1. The molecule has 2 aromatic heterocycles. The first-order valence-corrected chi connectivity index (χ1v) is 8.45. The molecule has 2 aromatic rings. The maximum Gasteiger partial charge on any atom is 0.273 e. The van der Waals surface area contributed by atoms with Gasteiger partial charge in [-0.3, -0.25) is 14.6 Å². The molecule has 1 saturated heterocycles. The SMILES string of the molecule is CCc1cncc(C(=O)N2CC(C(C)NC(=O)c3cc(C)on3)C2)c1. The summed E-state index contributed by atoms with van der Waals surface area (Å²) in [5.41, 5.74) is 1.94. The van der Waals surface area contributed by atoms with Gasteiger partial charge >= 0.3 is 0 Å². The first-order valence-electron chi connectivity index (χ1n) is 8.45. The van der Waals surface area contributed by atoms with Gasteiger partial charge in [0.25, 0.3) is 11.8 Å². The van der Waals surface area contributed by atoms with Gasteiger partial charge < -0.3 is 14.7 Å². The number of carbonyl (C=O) groups excluding carboxylic acids is 2. The summed E-state index contributed by atoms with van der Waals surface area (Å²) < 4.78 is 4.91. The molecular weight excluding hydrogens is 320 g/mol. The highest BCUT2D eigenvalue weighted by molar-refractivity contribution is 5.95. The third-order valence-corrected chi connectivity index (χ3v) is 4.57. The van der Waals surface area contributed by atoms with Crippen molar-refractivity contribution in [3.63, 3.8) is 0 Å². The van der Waals surface area contributed by atoms with Crippen LogP contribution in [0.4, 0.5) is 0 Å². The molecule has 0 spiro atoms. The van der Waals surface area contributed by atoms with Gasteiger partial charge in [0.15, 0.2) is 5.69 Å². The Bertz CT molecular complexity index is 780. The topological polar surface area (TPSA) is 88.3 Å². The average Bonchev–Trinajstić information content (AvgIpc) is 3.00. The molecule has 1 unspecified atom stereocenters. The first kappa shape index (κ1) is 17.1. The van der Waals surface area contributed by atoms with Gasteiger partial charge in [0.05, 0.1) is 5.56 Å². The predicted molar refractivity (Wildman–Crippen MR) is 91.2 cm³/mol. The predicted octanol–water partition coefficient (Wildman–Crippen LogP) is 1.83. The van der Waals surface area contributed by atoms with Crippen molar-refractivity contribution in [3.05, 3.63) is 47.1 Å². The van der Waals surface area contributed by atoms with Gasteiger partial charge in [0.2, 0.25) is 0 Å². The summed E-state index contributed by atoms with van der Waals surface area (Å²) in [7, 11) is 0. The number of aryl methyl sites for hydroxylation is 2. The number of pyridine rings is 1. The summed E-state index contributed by atoms with van der Waals surface area (Å²) in [5.74, 6) is 0.558. The molecule has 132 valence electrons. The van der Waals surface area contributed by atoms with Crippen molar-refractivity contribution in [2.45, 2.75) is 33.2 Å². The number of nitrogens with zero attached hydrogens (tertiary/aromatic N) is 3. The van der Waals surface area contributed by atoms with Crippen LogP contribution < -0.4 is 5.32 Å². The summed E-state index contributed by atoms with van der Waals surface area (Å²) in [6.45, 7) is 6.95. The summed E-state index contributed by atoms with van der Waals surface area (Å²) in [6, 6.07) is 3.45. The Labute approximate surface area is 146 Å². The monoisotopic (exact) mass is 342 g/mol. The van der Waals surface area contributed by atoms with Crippen molar-refractivity contribution in [1.82, 2.24) is 20.4 Å². The van der Waals surface area contributed by atoms with Crippen molar-refractivity contribution >= 4 is 11.8 Å². The van der Waals surface area contributed by atoms with Crippen molar-refractivity contribution in [2.24, 2.45) is 5.92 Å². The molecule has 25 heavy (non-hydrogen) atoms. The minimum atomic E-state index is -0.256. The van der Waals surface area contributed by atoms with Gasteiger partial charge in [-0.05, 0) is 31.9 Å². The lowest BCUT2D eigenvalue weighted by molar-refractivity contribution is 0.0429. The van der Waals surface area contributed by atoms with Crippen LogP contribution in [-0.2, 0) is 6.42 Å². The highest BCUT2D eigenvalue weighted by atomic mass is 16.5. The van der Waals surface area contributed by atoms with E-state index in [9.17, 15) is 9.59 Å². The molecule has 1 atom stereocenters. The van der Waals surface area contributed by atoms with Crippen LogP contribution in [0.15, 0.2) is 29.0 Å². The van der Waals surface area contributed by atoms with E-state index in [1.54, 1.807) is 30.3 Å². The minimum absolute atomic E-state index is 0.00953. The molecule has 3 heterocycles. The number of nitrogens with one attached hydrogen (secondary N) is 1. The first-order chi connectivity index (χ1) is 12.0. The van der Waals surface area contributed by atoms with Crippen LogP contribution >= 0.6 is 0 Å². The zero-order valence-electron chi connectivity index (χ0n) is 14.7. The van der Waals surface area contributed by atoms with E-state index >= 15 is 0 Å². The summed E-state index contributed by atoms with van der Waals surface area (Å²) >= 11 is 0. The Balaban J connectivity index is 1.52. The molecule has 1 N–H and O–H groups in total. The molecule has 2 amide bonds. The van der Waals surface area contributed by atoms with E-state index in [0.717, 1.165) is 12.0 Å². The third kappa shape index (κ3) is 3.70. The second kappa shape index (κ2) is 7.04. The molecule has 0 bridgehead atoms. The Kier molecular flexibility index (Phi) is 4.83. The fraction of sp³-hybridized carbons (Fsp3) is 0.444. The van der Waals surface area contributed by atoms with Gasteiger partial charge in [-0.1, -0.05) is 12.1 Å². The minimum Gasteiger partial charge on any atom is -0.361 e. The van der Waals surface area contributed by atoms with Crippen LogP contribution in [0.3, 0.4) is 0 Å². The smallest absolute Gasteiger partial charge is 0.273 e. The van der Waals surface area contributed by atoms with E-state index in [-0.39, 0.29) is 29.5 Å². The molecule has 7 nitrogen and oxygen atoms in total. The molecule has 7 heteroatoms. The van der Waals surface area contributed by atoms with E-state index in [1.807, 2.05) is 19.9 Å². The zero-order valence-corrected chi connectivity index (χ0v) is 14.7. The number of aromatic nitrogens is 2. The van der Waals surface area contributed by atoms with Crippen LogP contribution in [0.5, 0.6) is 0 Å². The molecule has 0 radical (unpaired) electrons. The van der Waals surface area contributed by atoms with Crippen LogP contribution in [0.25, 0.3) is 0 Å². The van der Waals surface area contributed by atoms with E-state index in [4.69, 9.17) is 4.52 Å². The van der Waals surface area contributed by atoms with Crippen molar-refractivity contribution in [1.29, 1.82) is 0 Å². The second-order valence-electron chi connectivity index (χ2n) is 6.49. The molecule has 0 aliphatic carbocycles. The lowest BCUT2D eigenvalue weighted by Gasteiger charge is -2.42. The van der Waals surface area contributed by atoms with Gasteiger partial charge in [-0.15, -0.1) is 0 Å². The Morgan fingerprint density at radius 1 is 1.36 bits per heavy atom. The van der Waals surface area contributed by atoms with E-state index < -0.39 is 0 Å². The summed E-state index contributed by atoms with van der Waals surface area (Å²) in [6.07, 6.45) is 4.23. The summed E-state index contributed by atoms with van der Waals surface area (Å²) in [4.78, 5) is 30.5. The zero-order chi connectivity index (χ0) is 18.0. The Morgan fingerprint density at radius 3 is 2.76 bits per heavy atom. The number of likely N-dealkylation sites (tertiary alicyclic amines) is 1. The summed E-state index contributed by atoms with van der Waals surface area (Å²) in [5, 5.41) is 6.63. The normalized spacial score (nSPS) is 15.6. The fourth-order valence-corrected chi connectivity index (χ4v) is 2.85. The fourth-order valence-electron chi connectivity index (χ4n) is 2.85. The Morgan fingerprint density at radius 2 is 2.12 bits per heavy atom. The molecular formula is C18H22N4O3. The highest BCUT2D eigenvalue weighted by Gasteiger charge is 2.35. The lowest BCUT2D eigenvalue weighted by atomic mass is 9.91.